The maximum absolute atomic E-state index is 11.5. The third kappa shape index (κ3) is 3.09. The van der Waals surface area contributed by atoms with Crippen molar-refractivity contribution in [2.75, 3.05) is 6.61 Å². The lowest BCUT2D eigenvalue weighted by Crippen LogP contribution is -2.44. The number of rotatable bonds is 3. The lowest BCUT2D eigenvalue weighted by molar-refractivity contribution is 0.0462. The number of amides is 1. The topological polar surface area (TPSA) is 58.6 Å². The monoisotopic (exact) mass is 215 g/mol. The van der Waals surface area contributed by atoms with Gasteiger partial charge >= 0.3 is 6.09 Å². The van der Waals surface area contributed by atoms with Gasteiger partial charge in [0, 0.05) is 0 Å². The molecule has 2 atom stereocenters. The molecule has 0 spiro atoms. The van der Waals surface area contributed by atoms with Crippen molar-refractivity contribution in [2.24, 2.45) is 5.92 Å². The smallest absolute Gasteiger partial charge is 0.408 e. The van der Waals surface area contributed by atoms with Crippen LogP contribution in [-0.4, -0.2) is 28.9 Å². The van der Waals surface area contributed by atoms with E-state index in [1.54, 1.807) is 0 Å². The van der Waals surface area contributed by atoms with Gasteiger partial charge in [-0.2, -0.15) is 0 Å². The Bertz CT molecular complexity index is 247. The molecule has 0 unspecified atom stereocenters. The fraction of sp³-hybridized carbons (Fsp3) is 0.909. The molecule has 2 N–H and O–H groups in total. The number of carbonyl (C=O) groups is 1. The van der Waals surface area contributed by atoms with Gasteiger partial charge in [0.1, 0.15) is 5.60 Å². The molecule has 0 aromatic carbocycles. The summed E-state index contributed by atoms with van der Waals surface area (Å²) in [5.41, 5.74) is -0.908. The first-order chi connectivity index (χ1) is 6.83. The minimum Gasteiger partial charge on any atom is -0.444 e. The Labute approximate surface area is 91.0 Å². The lowest BCUT2D eigenvalue weighted by Gasteiger charge is -2.23. The first kappa shape index (κ1) is 12.3. The maximum Gasteiger partial charge on any atom is 0.408 e. The lowest BCUT2D eigenvalue weighted by atomic mass is 10.2. The minimum absolute atomic E-state index is 0.00918. The van der Waals surface area contributed by atoms with E-state index in [9.17, 15) is 9.90 Å². The zero-order chi connectivity index (χ0) is 11.7. The number of aliphatic hydroxyl groups is 1. The van der Waals surface area contributed by atoms with Gasteiger partial charge < -0.3 is 15.2 Å². The van der Waals surface area contributed by atoms with Gasteiger partial charge in [-0.3, -0.25) is 0 Å². The number of hydrogen-bond donors (Lipinski definition) is 2. The standard InChI is InChI=1S/C11H21NO3/c1-5-8-6-11(8,7-13)12-9(14)15-10(2,3)4/h8,13H,5-7H2,1-4H3,(H,12,14)/t8-,11+/m0/s1. The van der Waals surface area contributed by atoms with Crippen molar-refractivity contribution in [3.05, 3.63) is 0 Å². The summed E-state index contributed by atoms with van der Waals surface area (Å²) in [6.45, 7) is 7.51. The van der Waals surface area contributed by atoms with E-state index < -0.39 is 17.2 Å². The first-order valence-electron chi connectivity index (χ1n) is 5.45. The van der Waals surface area contributed by atoms with Crippen LogP contribution in [0.1, 0.15) is 40.5 Å². The molecule has 15 heavy (non-hydrogen) atoms. The Hall–Kier alpha value is -0.770. The number of ether oxygens (including phenoxy) is 1. The molecule has 1 amide bonds. The third-order valence-electron chi connectivity index (χ3n) is 2.76. The largest absolute Gasteiger partial charge is 0.444 e. The van der Waals surface area contributed by atoms with E-state index in [2.05, 4.69) is 12.2 Å². The molecule has 1 aliphatic rings. The molecule has 0 heterocycles. The van der Waals surface area contributed by atoms with Crippen LogP contribution in [0.25, 0.3) is 0 Å². The fourth-order valence-electron chi connectivity index (χ4n) is 1.81. The molecule has 1 rings (SSSR count). The van der Waals surface area contributed by atoms with Gasteiger partial charge in [0.05, 0.1) is 12.1 Å². The minimum atomic E-state index is -0.489. The molecule has 0 radical (unpaired) electrons. The summed E-state index contributed by atoms with van der Waals surface area (Å²) < 4.78 is 5.15. The summed E-state index contributed by atoms with van der Waals surface area (Å²) >= 11 is 0. The summed E-state index contributed by atoms with van der Waals surface area (Å²) in [7, 11) is 0. The molecule has 88 valence electrons. The fourth-order valence-corrected chi connectivity index (χ4v) is 1.81. The van der Waals surface area contributed by atoms with Crippen molar-refractivity contribution in [2.45, 2.75) is 51.7 Å². The van der Waals surface area contributed by atoms with Crippen molar-refractivity contribution < 1.29 is 14.6 Å². The van der Waals surface area contributed by atoms with Gasteiger partial charge in [0.2, 0.25) is 0 Å². The van der Waals surface area contributed by atoms with Crippen LogP contribution in [0.3, 0.4) is 0 Å². The quantitative estimate of drug-likeness (QED) is 0.753. The number of aliphatic hydroxyl groups excluding tert-OH is 1. The van der Waals surface area contributed by atoms with Gasteiger partial charge in [-0.15, -0.1) is 0 Å². The molecule has 0 aromatic heterocycles. The molecule has 1 fully saturated rings. The Morgan fingerprint density at radius 1 is 1.60 bits per heavy atom. The molecule has 4 nitrogen and oxygen atoms in total. The summed E-state index contributed by atoms with van der Waals surface area (Å²) in [6, 6.07) is 0. The third-order valence-corrected chi connectivity index (χ3v) is 2.76. The molecule has 0 aromatic rings. The second kappa shape index (κ2) is 4.00. The highest BCUT2D eigenvalue weighted by atomic mass is 16.6. The van der Waals surface area contributed by atoms with Crippen molar-refractivity contribution in [1.29, 1.82) is 0 Å². The van der Waals surface area contributed by atoms with Gasteiger partial charge in [-0.05, 0) is 33.1 Å². The maximum atomic E-state index is 11.5. The molecule has 0 saturated heterocycles. The van der Waals surface area contributed by atoms with Crippen molar-refractivity contribution >= 4 is 6.09 Å². The Kier molecular flexibility index (Phi) is 3.28. The van der Waals surface area contributed by atoms with Gasteiger partial charge in [-0.1, -0.05) is 13.3 Å². The average Bonchev–Trinajstić information content (AvgIpc) is 2.76. The van der Waals surface area contributed by atoms with Gasteiger partial charge in [-0.25, -0.2) is 4.79 Å². The summed E-state index contributed by atoms with van der Waals surface area (Å²) in [5, 5.41) is 12.0. The van der Waals surface area contributed by atoms with Crippen LogP contribution in [0.4, 0.5) is 4.79 Å². The molecular formula is C11H21NO3. The average molecular weight is 215 g/mol. The van der Waals surface area contributed by atoms with E-state index in [-0.39, 0.29) is 6.61 Å². The zero-order valence-electron chi connectivity index (χ0n) is 9.96. The Morgan fingerprint density at radius 3 is 2.53 bits per heavy atom. The van der Waals surface area contributed by atoms with Crippen LogP contribution in [0.2, 0.25) is 0 Å². The predicted octanol–water partition coefficient (Wildman–Crippen LogP) is 1.67. The summed E-state index contributed by atoms with van der Waals surface area (Å²) in [4.78, 5) is 11.5. The van der Waals surface area contributed by atoms with Crippen molar-refractivity contribution in [1.82, 2.24) is 5.32 Å². The SMILES string of the molecule is CC[C@H]1C[C@]1(CO)NC(=O)OC(C)(C)C. The molecule has 1 aliphatic carbocycles. The first-order valence-corrected chi connectivity index (χ1v) is 5.45. The number of hydrogen-bond acceptors (Lipinski definition) is 3. The van der Waals surface area contributed by atoms with E-state index in [0.29, 0.717) is 5.92 Å². The molecular weight excluding hydrogens is 194 g/mol. The van der Waals surface area contributed by atoms with Crippen LogP contribution < -0.4 is 5.32 Å². The van der Waals surface area contributed by atoms with Crippen LogP contribution in [-0.2, 0) is 4.74 Å². The molecule has 0 aliphatic heterocycles. The number of nitrogens with one attached hydrogen (secondary N) is 1. The zero-order valence-corrected chi connectivity index (χ0v) is 9.96. The van der Waals surface area contributed by atoms with E-state index in [1.807, 2.05) is 20.8 Å². The number of carbonyl (C=O) groups excluding carboxylic acids is 1. The predicted molar refractivity (Wildman–Crippen MR) is 57.6 cm³/mol. The summed E-state index contributed by atoms with van der Waals surface area (Å²) in [5.74, 6) is 0.384. The van der Waals surface area contributed by atoms with Crippen LogP contribution in [0.5, 0.6) is 0 Å². The highest BCUT2D eigenvalue weighted by Crippen LogP contribution is 2.45. The Balaban J connectivity index is 2.45. The molecule has 0 bridgehead atoms. The highest BCUT2D eigenvalue weighted by molar-refractivity contribution is 5.69. The van der Waals surface area contributed by atoms with E-state index in [4.69, 9.17) is 4.74 Å². The number of alkyl carbamates (subject to hydrolysis) is 1. The Morgan fingerprint density at radius 2 is 2.20 bits per heavy atom. The van der Waals surface area contributed by atoms with Crippen molar-refractivity contribution in [3.8, 4) is 0 Å². The van der Waals surface area contributed by atoms with E-state index >= 15 is 0 Å². The highest BCUT2D eigenvalue weighted by Gasteiger charge is 2.54. The summed E-state index contributed by atoms with van der Waals surface area (Å²) in [6.07, 6.45) is 1.38. The normalized spacial score (nSPS) is 29.8. The van der Waals surface area contributed by atoms with Crippen LogP contribution in [0, 0.1) is 5.92 Å². The van der Waals surface area contributed by atoms with E-state index in [1.165, 1.54) is 0 Å². The molecule has 4 heteroatoms. The van der Waals surface area contributed by atoms with Gasteiger partial charge in [0.25, 0.3) is 0 Å². The van der Waals surface area contributed by atoms with E-state index in [0.717, 1.165) is 12.8 Å². The van der Waals surface area contributed by atoms with Crippen LogP contribution in [0.15, 0.2) is 0 Å². The second-order valence-corrected chi connectivity index (χ2v) is 5.25. The van der Waals surface area contributed by atoms with Gasteiger partial charge in [0.15, 0.2) is 0 Å². The molecule has 1 saturated carbocycles. The van der Waals surface area contributed by atoms with Crippen LogP contribution >= 0.6 is 0 Å². The van der Waals surface area contributed by atoms with Crippen molar-refractivity contribution in [3.63, 3.8) is 0 Å². The second-order valence-electron chi connectivity index (χ2n) is 5.25.